The maximum atomic E-state index is 13.8. The Balaban J connectivity index is 0.00000188. The fourth-order valence-electron chi connectivity index (χ4n) is 5.92. The van der Waals surface area contributed by atoms with Crippen molar-refractivity contribution in [1.82, 2.24) is 20.7 Å². The van der Waals surface area contributed by atoms with Crippen LogP contribution in [0.2, 0.25) is 0 Å². The molecular weight excluding hydrogens is 713 g/mol. The number of benzene rings is 2. The van der Waals surface area contributed by atoms with Crippen LogP contribution in [0.4, 0.5) is 0 Å². The summed E-state index contributed by atoms with van der Waals surface area (Å²) < 4.78 is 36.6. The number of amides is 1. The molecule has 0 bridgehead atoms. The number of methoxy groups -OCH3 is 1. The Morgan fingerprint density at radius 3 is 1.94 bits per heavy atom. The molecule has 1 amide bonds. The molecule has 0 fully saturated rings. The van der Waals surface area contributed by atoms with Crippen LogP contribution in [-0.2, 0) is 42.5 Å². The first-order valence-electron chi connectivity index (χ1n) is 17.8. The van der Waals surface area contributed by atoms with E-state index in [0.29, 0.717) is 19.5 Å². The van der Waals surface area contributed by atoms with Gasteiger partial charge in [-0.2, -0.15) is 8.42 Å². The van der Waals surface area contributed by atoms with Crippen molar-refractivity contribution in [3.63, 3.8) is 0 Å². The van der Waals surface area contributed by atoms with E-state index in [4.69, 9.17) is 22.3 Å². The number of aliphatic hydroxyl groups excluding tert-OH is 1. The standard InChI is InChI=1S/C40H56N4O5.H2O4S/c1-28(45)43-38(40(5,6)7)35(46)23-32(22-29-14-10-9-11-15-29)36(47)27-44(42-25-33(39(2,3)4)24-37(48)49-8)26-30-17-19-31(20-18-30)34-16-12-13-21-41-34;1-5(2,3)4/h9-21,32-33,36,38,42,47H,22-27H2,1-8H3,(H,43,45);(H2,1,2,3,4)/t32-,33-,36+,38-;/m1./s1. The minimum Gasteiger partial charge on any atom is -0.469 e. The highest BCUT2D eigenvalue weighted by Gasteiger charge is 2.35. The molecule has 3 aromatic rings. The topological polar surface area (TPSA) is 195 Å². The van der Waals surface area contributed by atoms with Gasteiger partial charge in [0.25, 0.3) is 0 Å². The van der Waals surface area contributed by atoms with Crippen molar-refractivity contribution in [2.45, 2.75) is 86.4 Å². The van der Waals surface area contributed by atoms with Gasteiger partial charge in [0, 0.05) is 44.7 Å². The molecule has 54 heavy (non-hydrogen) atoms. The number of ketones is 1. The molecule has 0 aliphatic carbocycles. The molecule has 0 aliphatic heterocycles. The number of nitrogens with one attached hydrogen (secondary N) is 2. The van der Waals surface area contributed by atoms with Gasteiger partial charge in [0.1, 0.15) is 0 Å². The normalized spacial score (nSPS) is 14.2. The predicted molar refractivity (Wildman–Crippen MR) is 208 cm³/mol. The van der Waals surface area contributed by atoms with Gasteiger partial charge in [-0.05, 0) is 52.3 Å². The maximum Gasteiger partial charge on any atom is 0.394 e. The molecule has 0 aliphatic rings. The van der Waals surface area contributed by atoms with E-state index < -0.39 is 33.9 Å². The van der Waals surface area contributed by atoms with Gasteiger partial charge in [-0.15, -0.1) is 0 Å². The quantitative estimate of drug-likeness (QED) is 0.0671. The number of Topliss-reactive ketones (excluding diaryl/α,β-unsaturated/α-hetero) is 1. The van der Waals surface area contributed by atoms with Gasteiger partial charge < -0.3 is 15.2 Å². The van der Waals surface area contributed by atoms with Crippen molar-refractivity contribution in [2.24, 2.45) is 22.7 Å². The van der Waals surface area contributed by atoms with Crippen LogP contribution in [0.15, 0.2) is 79.0 Å². The van der Waals surface area contributed by atoms with E-state index in [2.05, 4.69) is 36.5 Å². The lowest BCUT2D eigenvalue weighted by Gasteiger charge is -2.35. The third-order valence-electron chi connectivity index (χ3n) is 9.01. The second-order valence-corrected chi connectivity index (χ2v) is 16.5. The van der Waals surface area contributed by atoms with Crippen molar-refractivity contribution >= 4 is 28.1 Å². The van der Waals surface area contributed by atoms with Crippen LogP contribution in [0, 0.1) is 22.7 Å². The Morgan fingerprint density at radius 1 is 0.852 bits per heavy atom. The lowest BCUT2D eigenvalue weighted by molar-refractivity contribution is -0.142. The molecule has 0 unspecified atom stereocenters. The first-order chi connectivity index (χ1) is 25.1. The molecule has 1 aromatic heterocycles. The number of hydrogen-bond acceptors (Lipinski definition) is 10. The molecule has 4 atom stereocenters. The number of nitrogens with zero attached hydrogens (tertiary/aromatic N) is 2. The molecule has 0 saturated carbocycles. The van der Waals surface area contributed by atoms with Gasteiger partial charge in [0.15, 0.2) is 5.78 Å². The van der Waals surface area contributed by atoms with E-state index >= 15 is 0 Å². The zero-order valence-electron chi connectivity index (χ0n) is 32.7. The fraction of sp³-hybridized carbons (Fsp3) is 0.500. The van der Waals surface area contributed by atoms with Gasteiger partial charge in [-0.1, -0.05) is 102 Å². The Kier molecular flexibility index (Phi) is 18.1. The zero-order valence-corrected chi connectivity index (χ0v) is 33.5. The van der Waals surface area contributed by atoms with Crippen LogP contribution >= 0.6 is 0 Å². The van der Waals surface area contributed by atoms with Crippen LogP contribution in [0.5, 0.6) is 0 Å². The Labute approximate surface area is 320 Å². The first-order valence-corrected chi connectivity index (χ1v) is 19.2. The molecule has 0 radical (unpaired) electrons. The number of aliphatic hydroxyl groups is 1. The minimum absolute atomic E-state index is 0.0435. The lowest BCUT2D eigenvalue weighted by Crippen LogP contribution is -2.51. The summed E-state index contributed by atoms with van der Waals surface area (Å²) in [7, 11) is -3.27. The summed E-state index contributed by atoms with van der Waals surface area (Å²) in [5, 5.41) is 16.8. The first kappa shape index (κ1) is 46.1. The Hall–Kier alpha value is -4.05. The van der Waals surface area contributed by atoms with E-state index in [1.54, 1.807) is 6.20 Å². The molecule has 5 N–H and O–H groups in total. The summed E-state index contributed by atoms with van der Waals surface area (Å²) in [4.78, 5) is 42.6. The summed E-state index contributed by atoms with van der Waals surface area (Å²) in [6.07, 6.45) is 1.72. The van der Waals surface area contributed by atoms with E-state index in [9.17, 15) is 19.5 Å². The highest BCUT2D eigenvalue weighted by Crippen LogP contribution is 2.29. The smallest absolute Gasteiger partial charge is 0.394 e. The van der Waals surface area contributed by atoms with Crippen molar-refractivity contribution in [2.75, 3.05) is 20.2 Å². The lowest BCUT2D eigenvalue weighted by atomic mass is 9.79. The number of hydrazine groups is 1. The van der Waals surface area contributed by atoms with Gasteiger partial charge in [0.2, 0.25) is 5.91 Å². The highest BCUT2D eigenvalue weighted by molar-refractivity contribution is 7.79. The molecule has 13 nitrogen and oxygen atoms in total. The van der Waals surface area contributed by atoms with Crippen LogP contribution in [-0.4, -0.2) is 82.6 Å². The minimum atomic E-state index is -4.67. The third-order valence-corrected chi connectivity index (χ3v) is 9.01. The van der Waals surface area contributed by atoms with Crippen molar-refractivity contribution in [1.29, 1.82) is 0 Å². The Morgan fingerprint density at radius 2 is 1.44 bits per heavy atom. The monoisotopic (exact) mass is 770 g/mol. The zero-order chi connectivity index (χ0) is 40.7. The molecular formula is C40H58N4O9S. The van der Waals surface area contributed by atoms with Gasteiger partial charge in [-0.25, -0.2) is 5.01 Å². The largest absolute Gasteiger partial charge is 0.469 e. The number of hydrogen-bond donors (Lipinski definition) is 5. The van der Waals surface area contributed by atoms with E-state index in [1.807, 2.05) is 98.6 Å². The molecule has 0 spiro atoms. The van der Waals surface area contributed by atoms with E-state index in [0.717, 1.165) is 22.4 Å². The van der Waals surface area contributed by atoms with Crippen LogP contribution in [0.25, 0.3) is 11.3 Å². The molecule has 2 aromatic carbocycles. The molecule has 1 heterocycles. The summed E-state index contributed by atoms with van der Waals surface area (Å²) in [6.45, 7) is 14.7. The number of carbonyl (C=O) groups is 3. The average molecular weight is 771 g/mol. The third kappa shape index (κ3) is 17.9. The summed E-state index contributed by atoms with van der Waals surface area (Å²) in [6, 6.07) is 23.1. The number of aromatic nitrogens is 1. The molecule has 298 valence electrons. The molecule has 14 heteroatoms. The summed E-state index contributed by atoms with van der Waals surface area (Å²) in [5.41, 5.74) is 6.78. The fourth-order valence-corrected chi connectivity index (χ4v) is 5.92. The maximum absolute atomic E-state index is 13.8. The summed E-state index contributed by atoms with van der Waals surface area (Å²) in [5.74, 6) is -1.11. The number of carbonyl (C=O) groups excluding carboxylic acids is 3. The van der Waals surface area contributed by atoms with Crippen molar-refractivity contribution in [3.8, 4) is 11.3 Å². The predicted octanol–water partition coefficient (Wildman–Crippen LogP) is 5.36. The van der Waals surface area contributed by atoms with Crippen molar-refractivity contribution < 1.29 is 41.8 Å². The number of esters is 1. The SMILES string of the molecule is COC(=O)C[C@H](CNN(Cc1ccc(-c2ccccn2)cc1)C[C@H](O)[C@@H](CC(=O)[C@@H](NC(C)=O)C(C)(C)C)Cc1ccccc1)C(C)(C)C.O=S(=O)(O)O. The second kappa shape index (κ2) is 21.1. The number of pyridine rings is 1. The van der Waals surface area contributed by atoms with Crippen molar-refractivity contribution in [3.05, 3.63) is 90.1 Å². The molecule has 3 rings (SSSR count). The van der Waals surface area contributed by atoms with E-state index in [-0.39, 0.29) is 48.4 Å². The molecule has 0 saturated heterocycles. The van der Waals surface area contributed by atoms with Crippen LogP contribution in [0.3, 0.4) is 0 Å². The van der Waals surface area contributed by atoms with Crippen LogP contribution < -0.4 is 10.7 Å². The van der Waals surface area contributed by atoms with Gasteiger partial charge in [0.05, 0.1) is 31.4 Å². The van der Waals surface area contributed by atoms with Crippen LogP contribution in [0.1, 0.15) is 72.4 Å². The van der Waals surface area contributed by atoms with Gasteiger partial charge in [-0.3, -0.25) is 33.9 Å². The second-order valence-electron chi connectivity index (χ2n) is 15.6. The van der Waals surface area contributed by atoms with Gasteiger partial charge >= 0.3 is 16.4 Å². The Bertz CT molecular complexity index is 1700. The average Bonchev–Trinajstić information content (AvgIpc) is 3.07. The number of ether oxygens (including phenoxy) is 1. The van der Waals surface area contributed by atoms with E-state index in [1.165, 1.54) is 14.0 Å². The number of rotatable bonds is 17. The highest BCUT2D eigenvalue weighted by atomic mass is 32.3. The summed E-state index contributed by atoms with van der Waals surface area (Å²) >= 11 is 0.